The number of hydrogen-bond donors (Lipinski definition) is 0. The molecule has 0 aliphatic rings. The lowest BCUT2D eigenvalue weighted by molar-refractivity contribution is 0.280. The lowest BCUT2D eigenvalue weighted by Gasteiger charge is -2.28. The summed E-state index contributed by atoms with van der Waals surface area (Å²) in [6.45, 7) is 12.4. The van der Waals surface area contributed by atoms with E-state index in [0.717, 1.165) is 5.75 Å². The number of rotatable bonds is 35. The second-order valence-corrected chi connectivity index (χ2v) is 23.7. The standard InChI is InChI=1S/C36H77O2P2S2/c1-6-11-14-27-32-39(33-28-15-12-7-2,34-29-16-13-8-3)35-30-25-23-21-19-17-18-20-22-24-26-31-36-42-40(41,37-9-4)38-10-5/h6-36H2,1-5H3/q+1. The molecule has 0 atom stereocenters. The second-order valence-electron chi connectivity index (χ2n) is 12.8. The van der Waals surface area contributed by atoms with Gasteiger partial charge in [-0.3, -0.25) is 0 Å². The summed E-state index contributed by atoms with van der Waals surface area (Å²) < 4.78 is 11.5. The Morgan fingerprint density at radius 1 is 0.429 bits per heavy atom. The fourth-order valence-corrected chi connectivity index (χ4v) is 16.0. The molecule has 0 bridgehead atoms. The smallest absolute Gasteiger partial charge is 0.247 e. The zero-order chi connectivity index (χ0) is 31.0. The first-order valence-corrected chi connectivity index (χ1v) is 25.7. The molecule has 0 radical (unpaired) electrons. The van der Waals surface area contributed by atoms with Gasteiger partial charge in [-0.05, 0) is 83.4 Å². The minimum absolute atomic E-state index is 0.657. The predicted octanol–water partition coefficient (Wildman–Crippen LogP) is 14.5. The fraction of sp³-hybridized carbons (Fsp3) is 1.00. The molecule has 0 heterocycles. The largest absolute Gasteiger partial charge is 0.322 e. The van der Waals surface area contributed by atoms with E-state index in [-0.39, 0.29) is 0 Å². The molecule has 0 amide bonds. The summed E-state index contributed by atoms with van der Waals surface area (Å²) in [4.78, 5) is 0. The maximum absolute atomic E-state index is 5.73. The molecule has 42 heavy (non-hydrogen) atoms. The summed E-state index contributed by atoms with van der Waals surface area (Å²) >= 11 is 7.37. The molecule has 2 nitrogen and oxygen atoms in total. The third kappa shape index (κ3) is 26.6. The summed E-state index contributed by atoms with van der Waals surface area (Å²) in [5, 5.41) is 0. The fourth-order valence-electron chi connectivity index (χ4n) is 6.21. The highest BCUT2D eigenvalue weighted by molar-refractivity contribution is 8.67. The van der Waals surface area contributed by atoms with Gasteiger partial charge >= 0.3 is 0 Å². The summed E-state index contributed by atoms with van der Waals surface area (Å²) in [6.07, 6.45) is 41.1. The van der Waals surface area contributed by atoms with Crippen molar-refractivity contribution in [2.45, 2.75) is 189 Å². The third-order valence-corrected chi connectivity index (χ3v) is 19.5. The highest BCUT2D eigenvalue weighted by Gasteiger charge is 2.34. The van der Waals surface area contributed by atoms with Crippen LogP contribution < -0.4 is 0 Å². The average molecular weight is 668 g/mol. The van der Waals surface area contributed by atoms with Crippen LogP contribution in [-0.4, -0.2) is 43.6 Å². The molecule has 0 rings (SSSR count). The topological polar surface area (TPSA) is 18.5 Å². The van der Waals surface area contributed by atoms with E-state index >= 15 is 0 Å². The third-order valence-electron chi connectivity index (χ3n) is 8.81. The summed E-state index contributed by atoms with van der Waals surface area (Å²) in [5.74, 6) is 1.08. The second kappa shape index (κ2) is 32.3. The quantitative estimate of drug-likeness (QED) is 0.0494. The lowest BCUT2D eigenvalue weighted by atomic mass is 10.1. The molecular weight excluding hydrogens is 590 g/mol. The van der Waals surface area contributed by atoms with Crippen LogP contribution >= 0.6 is 24.3 Å². The van der Waals surface area contributed by atoms with Gasteiger partial charge in [-0.2, -0.15) is 0 Å². The maximum Gasteiger partial charge on any atom is 0.247 e. The van der Waals surface area contributed by atoms with Crippen molar-refractivity contribution in [3.8, 4) is 0 Å². The van der Waals surface area contributed by atoms with Gasteiger partial charge in [-0.25, -0.2) is 0 Å². The molecule has 0 saturated heterocycles. The van der Waals surface area contributed by atoms with Crippen LogP contribution in [0.4, 0.5) is 0 Å². The van der Waals surface area contributed by atoms with E-state index in [2.05, 4.69) is 20.8 Å². The van der Waals surface area contributed by atoms with Crippen LogP contribution in [0.2, 0.25) is 0 Å². The van der Waals surface area contributed by atoms with E-state index in [1.54, 1.807) is 36.0 Å². The Labute approximate surface area is 276 Å². The van der Waals surface area contributed by atoms with Gasteiger partial charge in [0.05, 0.1) is 37.9 Å². The molecule has 0 aromatic rings. The van der Waals surface area contributed by atoms with Gasteiger partial charge in [0.2, 0.25) is 5.69 Å². The first-order valence-electron chi connectivity index (χ1n) is 18.9. The molecule has 0 aliphatic carbocycles. The Bertz CT molecular complexity index is 549. The zero-order valence-corrected chi connectivity index (χ0v) is 32.9. The Kier molecular flexibility index (Phi) is 33.3. The van der Waals surface area contributed by atoms with Gasteiger partial charge < -0.3 is 9.05 Å². The van der Waals surface area contributed by atoms with Crippen molar-refractivity contribution in [1.82, 2.24) is 0 Å². The van der Waals surface area contributed by atoms with Gasteiger partial charge in [-0.15, -0.1) is 0 Å². The van der Waals surface area contributed by atoms with Crippen LogP contribution in [0.5, 0.6) is 0 Å². The predicted molar refractivity (Wildman–Crippen MR) is 204 cm³/mol. The van der Waals surface area contributed by atoms with Crippen LogP contribution in [0.15, 0.2) is 0 Å². The first kappa shape index (κ1) is 43.4. The molecule has 0 saturated carbocycles. The minimum atomic E-state index is -2.08. The maximum atomic E-state index is 5.73. The van der Waals surface area contributed by atoms with E-state index in [1.807, 2.05) is 13.8 Å². The van der Waals surface area contributed by atoms with Crippen molar-refractivity contribution >= 4 is 36.1 Å². The van der Waals surface area contributed by atoms with Crippen molar-refractivity contribution in [3.63, 3.8) is 0 Å². The molecule has 0 aromatic carbocycles. The van der Waals surface area contributed by atoms with E-state index in [9.17, 15) is 0 Å². The molecule has 0 aliphatic heterocycles. The normalized spacial score (nSPS) is 12.4. The lowest BCUT2D eigenvalue weighted by Crippen LogP contribution is -2.13. The Hall–Kier alpha value is 1.35. The Morgan fingerprint density at radius 2 is 0.714 bits per heavy atom. The molecule has 0 N–H and O–H groups in total. The van der Waals surface area contributed by atoms with Crippen LogP contribution in [0.25, 0.3) is 0 Å². The average Bonchev–Trinajstić information content (AvgIpc) is 2.98. The van der Waals surface area contributed by atoms with Crippen LogP contribution in [0.1, 0.15) is 189 Å². The molecule has 0 fully saturated rings. The highest BCUT2D eigenvalue weighted by atomic mass is 32.9. The Balaban J connectivity index is 4.12. The van der Waals surface area contributed by atoms with Gasteiger partial charge in [0.25, 0.3) is 0 Å². The van der Waals surface area contributed by atoms with Gasteiger partial charge in [0.15, 0.2) is 0 Å². The molecular formula is C36H77O2P2S2+. The van der Waals surface area contributed by atoms with Crippen LogP contribution in [-0.2, 0) is 20.9 Å². The van der Waals surface area contributed by atoms with Crippen molar-refractivity contribution in [2.24, 2.45) is 0 Å². The van der Waals surface area contributed by atoms with Gasteiger partial charge in [0, 0.05) is 13.0 Å². The van der Waals surface area contributed by atoms with Crippen molar-refractivity contribution in [3.05, 3.63) is 0 Å². The van der Waals surface area contributed by atoms with Gasteiger partial charge in [0.1, 0.15) is 0 Å². The molecule has 0 spiro atoms. The Morgan fingerprint density at radius 3 is 1.02 bits per heavy atom. The summed E-state index contributed by atoms with van der Waals surface area (Å²) in [5.41, 5.74) is -2.08. The number of hydrogen-bond acceptors (Lipinski definition) is 4. The summed E-state index contributed by atoms with van der Waals surface area (Å²) in [6, 6.07) is 0. The van der Waals surface area contributed by atoms with Crippen LogP contribution in [0.3, 0.4) is 0 Å². The van der Waals surface area contributed by atoms with Crippen LogP contribution in [0, 0.1) is 0 Å². The summed E-state index contributed by atoms with van der Waals surface area (Å²) in [7, 11) is -0.734. The van der Waals surface area contributed by atoms with Crippen molar-refractivity contribution in [1.29, 1.82) is 0 Å². The first-order chi connectivity index (χ1) is 20.5. The molecule has 6 heteroatoms. The van der Waals surface area contributed by atoms with E-state index in [4.69, 9.17) is 20.9 Å². The molecule has 0 unspecified atom stereocenters. The highest BCUT2D eigenvalue weighted by Crippen LogP contribution is 2.62. The minimum Gasteiger partial charge on any atom is -0.322 e. The molecule has 0 aromatic heterocycles. The van der Waals surface area contributed by atoms with Crippen molar-refractivity contribution < 1.29 is 9.05 Å². The number of unbranched alkanes of at least 4 members (excludes halogenated alkanes) is 20. The van der Waals surface area contributed by atoms with E-state index < -0.39 is 13.0 Å². The monoisotopic (exact) mass is 667 g/mol. The van der Waals surface area contributed by atoms with Gasteiger partial charge in [-0.1, -0.05) is 128 Å². The SMILES string of the molecule is CCCCCC[P+](CCCCCC)(CCCCCC)CCCCCCCCCCCCCCSP(=S)(OCC)OCC. The van der Waals surface area contributed by atoms with E-state index in [1.165, 1.54) is 154 Å². The molecule has 254 valence electrons. The zero-order valence-electron chi connectivity index (χ0n) is 29.4. The van der Waals surface area contributed by atoms with E-state index in [0.29, 0.717) is 13.2 Å². The van der Waals surface area contributed by atoms with Crippen molar-refractivity contribution in [2.75, 3.05) is 43.6 Å².